The van der Waals surface area contributed by atoms with Crippen LogP contribution in [0.15, 0.2) is 48.5 Å². The van der Waals surface area contributed by atoms with Crippen molar-refractivity contribution in [3.63, 3.8) is 0 Å². The molecule has 2 aromatic rings. The van der Waals surface area contributed by atoms with E-state index in [1.165, 1.54) is 23.9 Å². The Hall–Kier alpha value is -2.34. The van der Waals surface area contributed by atoms with E-state index in [-0.39, 0.29) is 28.4 Å². The summed E-state index contributed by atoms with van der Waals surface area (Å²) in [5.74, 6) is -0.143. The van der Waals surface area contributed by atoms with Gasteiger partial charge in [-0.05, 0) is 41.3 Å². The standard InChI is InChI=1S/C21H23FN2O2S/c1-21(2,3)12-18(25)23-16-8-4-6-14(10-16)20-24(19(26)13-27-20)17-9-5-7-15(22)11-17/h4-11,20H,12-13H2,1-3H3,(H,23,25). The Labute approximate surface area is 163 Å². The predicted octanol–water partition coefficient (Wildman–Crippen LogP) is 4.98. The van der Waals surface area contributed by atoms with Gasteiger partial charge in [0.15, 0.2) is 0 Å². The van der Waals surface area contributed by atoms with Gasteiger partial charge in [-0.25, -0.2) is 4.39 Å². The quantitative estimate of drug-likeness (QED) is 0.806. The predicted molar refractivity (Wildman–Crippen MR) is 108 cm³/mol. The van der Waals surface area contributed by atoms with Gasteiger partial charge in [-0.2, -0.15) is 0 Å². The summed E-state index contributed by atoms with van der Waals surface area (Å²) in [6.07, 6.45) is 0.420. The zero-order chi connectivity index (χ0) is 19.6. The van der Waals surface area contributed by atoms with E-state index in [4.69, 9.17) is 0 Å². The molecule has 0 bridgehead atoms. The summed E-state index contributed by atoms with van der Waals surface area (Å²) in [6.45, 7) is 6.04. The molecule has 1 fully saturated rings. The molecule has 1 N–H and O–H groups in total. The van der Waals surface area contributed by atoms with Crippen molar-refractivity contribution < 1.29 is 14.0 Å². The molecule has 3 rings (SSSR count). The third kappa shape index (κ3) is 4.89. The van der Waals surface area contributed by atoms with E-state index in [2.05, 4.69) is 5.32 Å². The van der Waals surface area contributed by atoms with Gasteiger partial charge in [-0.15, -0.1) is 11.8 Å². The van der Waals surface area contributed by atoms with Gasteiger partial charge in [0.2, 0.25) is 11.8 Å². The summed E-state index contributed by atoms with van der Waals surface area (Å²) < 4.78 is 13.6. The average Bonchev–Trinajstić information content (AvgIpc) is 2.95. The number of halogens is 1. The summed E-state index contributed by atoms with van der Waals surface area (Å²) in [4.78, 5) is 26.2. The van der Waals surface area contributed by atoms with Crippen LogP contribution in [0.2, 0.25) is 0 Å². The first-order valence-electron chi connectivity index (χ1n) is 8.82. The maximum Gasteiger partial charge on any atom is 0.238 e. The molecule has 0 spiro atoms. The van der Waals surface area contributed by atoms with Crippen molar-refractivity contribution in [2.45, 2.75) is 32.6 Å². The van der Waals surface area contributed by atoms with Gasteiger partial charge in [0.05, 0.1) is 5.75 Å². The molecule has 2 aromatic carbocycles. The molecular formula is C21H23FN2O2S. The monoisotopic (exact) mass is 386 g/mol. The topological polar surface area (TPSA) is 49.4 Å². The van der Waals surface area contributed by atoms with E-state index in [0.717, 1.165) is 5.56 Å². The molecule has 1 aliphatic rings. The van der Waals surface area contributed by atoms with E-state index < -0.39 is 0 Å². The number of hydrogen-bond acceptors (Lipinski definition) is 3. The zero-order valence-electron chi connectivity index (χ0n) is 15.7. The normalized spacial score (nSPS) is 17.3. The lowest BCUT2D eigenvalue weighted by Gasteiger charge is -2.25. The Kier molecular flexibility index (Phi) is 5.56. The number of thioether (sulfide) groups is 1. The maximum atomic E-state index is 13.6. The highest BCUT2D eigenvalue weighted by Crippen LogP contribution is 2.42. The molecule has 27 heavy (non-hydrogen) atoms. The molecule has 1 saturated heterocycles. The lowest BCUT2D eigenvalue weighted by Crippen LogP contribution is -2.28. The van der Waals surface area contributed by atoms with Crippen molar-refractivity contribution in [2.75, 3.05) is 16.0 Å². The van der Waals surface area contributed by atoms with Crippen LogP contribution in [0.25, 0.3) is 0 Å². The number of carbonyl (C=O) groups is 2. The second-order valence-corrected chi connectivity index (χ2v) is 8.89. The molecule has 2 amide bonds. The smallest absolute Gasteiger partial charge is 0.238 e. The van der Waals surface area contributed by atoms with E-state index in [1.807, 2.05) is 45.0 Å². The number of carbonyl (C=O) groups excluding carboxylic acids is 2. The Bertz CT molecular complexity index is 863. The highest BCUT2D eigenvalue weighted by Gasteiger charge is 2.34. The van der Waals surface area contributed by atoms with Gasteiger partial charge in [-0.1, -0.05) is 39.0 Å². The molecule has 1 aliphatic heterocycles. The fourth-order valence-electron chi connectivity index (χ4n) is 3.03. The number of amides is 2. The van der Waals surface area contributed by atoms with E-state index in [9.17, 15) is 14.0 Å². The second kappa shape index (κ2) is 7.72. The fraction of sp³-hybridized carbons (Fsp3) is 0.333. The van der Waals surface area contributed by atoms with Crippen LogP contribution in [0.4, 0.5) is 15.8 Å². The van der Waals surface area contributed by atoms with Crippen LogP contribution in [-0.4, -0.2) is 17.6 Å². The van der Waals surface area contributed by atoms with Gasteiger partial charge < -0.3 is 5.32 Å². The number of nitrogens with zero attached hydrogens (tertiary/aromatic N) is 1. The van der Waals surface area contributed by atoms with Crippen molar-refractivity contribution in [3.8, 4) is 0 Å². The molecule has 6 heteroatoms. The summed E-state index contributed by atoms with van der Waals surface area (Å²) in [6, 6.07) is 13.5. The maximum absolute atomic E-state index is 13.6. The van der Waals surface area contributed by atoms with Crippen LogP contribution >= 0.6 is 11.8 Å². The number of nitrogens with one attached hydrogen (secondary N) is 1. The van der Waals surface area contributed by atoms with Gasteiger partial charge in [0, 0.05) is 17.8 Å². The Morgan fingerprint density at radius 2 is 1.96 bits per heavy atom. The molecule has 1 atom stereocenters. The molecule has 0 saturated carbocycles. The van der Waals surface area contributed by atoms with E-state index >= 15 is 0 Å². The first-order chi connectivity index (χ1) is 12.7. The van der Waals surface area contributed by atoms with Crippen molar-refractivity contribution >= 4 is 35.0 Å². The fourth-order valence-corrected chi connectivity index (χ4v) is 4.20. The molecule has 4 nitrogen and oxygen atoms in total. The molecule has 1 unspecified atom stereocenters. The molecule has 0 radical (unpaired) electrons. The lowest BCUT2D eigenvalue weighted by atomic mass is 9.92. The second-order valence-electron chi connectivity index (χ2n) is 7.82. The first-order valence-corrected chi connectivity index (χ1v) is 9.87. The third-order valence-electron chi connectivity index (χ3n) is 4.10. The Balaban J connectivity index is 1.83. The van der Waals surface area contributed by atoms with Crippen LogP contribution in [-0.2, 0) is 9.59 Å². The van der Waals surface area contributed by atoms with Crippen molar-refractivity contribution in [3.05, 3.63) is 59.9 Å². The minimum Gasteiger partial charge on any atom is -0.326 e. The molecule has 1 heterocycles. The summed E-state index contributed by atoms with van der Waals surface area (Å²) in [7, 11) is 0. The zero-order valence-corrected chi connectivity index (χ0v) is 16.5. The van der Waals surface area contributed by atoms with Gasteiger partial charge in [-0.3, -0.25) is 14.5 Å². The number of anilines is 2. The lowest BCUT2D eigenvalue weighted by molar-refractivity contribution is -0.118. The van der Waals surface area contributed by atoms with Crippen LogP contribution in [0, 0.1) is 11.2 Å². The van der Waals surface area contributed by atoms with Crippen molar-refractivity contribution in [2.24, 2.45) is 5.41 Å². The minimum atomic E-state index is -0.376. The van der Waals surface area contributed by atoms with Gasteiger partial charge in [0.1, 0.15) is 11.2 Å². The molecule has 142 valence electrons. The van der Waals surface area contributed by atoms with E-state index in [0.29, 0.717) is 23.5 Å². The molecular weight excluding hydrogens is 363 g/mol. The number of benzene rings is 2. The number of hydrogen-bond donors (Lipinski definition) is 1. The van der Waals surface area contributed by atoms with Crippen LogP contribution < -0.4 is 10.2 Å². The summed E-state index contributed by atoms with van der Waals surface area (Å²) in [5, 5.41) is 2.67. The minimum absolute atomic E-state index is 0.0446. The highest BCUT2D eigenvalue weighted by molar-refractivity contribution is 8.00. The summed E-state index contributed by atoms with van der Waals surface area (Å²) in [5.41, 5.74) is 2.03. The Morgan fingerprint density at radius 3 is 2.67 bits per heavy atom. The van der Waals surface area contributed by atoms with Crippen LogP contribution in [0.3, 0.4) is 0 Å². The Morgan fingerprint density at radius 1 is 1.22 bits per heavy atom. The van der Waals surface area contributed by atoms with Gasteiger partial charge >= 0.3 is 0 Å². The largest absolute Gasteiger partial charge is 0.326 e. The summed E-state index contributed by atoms with van der Waals surface area (Å²) >= 11 is 1.49. The van der Waals surface area contributed by atoms with Gasteiger partial charge in [0.25, 0.3) is 0 Å². The first kappa shape index (κ1) is 19.4. The average molecular weight is 386 g/mol. The van der Waals surface area contributed by atoms with Crippen molar-refractivity contribution in [1.29, 1.82) is 0 Å². The van der Waals surface area contributed by atoms with E-state index in [1.54, 1.807) is 17.0 Å². The van der Waals surface area contributed by atoms with Crippen LogP contribution in [0.5, 0.6) is 0 Å². The SMILES string of the molecule is CC(C)(C)CC(=O)Nc1cccc(C2SCC(=O)N2c2cccc(F)c2)c1. The molecule has 0 aromatic heterocycles. The third-order valence-corrected chi connectivity index (χ3v) is 5.31. The molecule has 0 aliphatic carbocycles. The number of rotatable bonds is 4. The van der Waals surface area contributed by atoms with Crippen molar-refractivity contribution in [1.82, 2.24) is 0 Å². The van der Waals surface area contributed by atoms with Crippen LogP contribution in [0.1, 0.15) is 38.1 Å². The highest BCUT2D eigenvalue weighted by atomic mass is 32.2.